The normalized spacial score (nSPS) is 19.9. The Morgan fingerprint density at radius 1 is 1.16 bits per heavy atom. The molecule has 2 aliphatic heterocycles. The molecular weight excluding hydrogens is 398 g/mol. The van der Waals surface area contributed by atoms with E-state index in [0.29, 0.717) is 42.4 Å². The third kappa shape index (κ3) is 4.31. The highest BCUT2D eigenvalue weighted by Gasteiger charge is 2.42. The van der Waals surface area contributed by atoms with Crippen LogP contribution in [-0.2, 0) is 9.59 Å². The Morgan fingerprint density at radius 3 is 2.77 bits per heavy atom. The molecule has 2 atom stereocenters. The number of unbranched alkanes of at least 4 members (excludes halogenated alkanes) is 1. The van der Waals surface area contributed by atoms with Gasteiger partial charge in [0.1, 0.15) is 11.5 Å². The third-order valence-corrected chi connectivity index (χ3v) is 5.78. The molecule has 7 heteroatoms. The zero-order valence-electron chi connectivity index (χ0n) is 17.8. The lowest BCUT2D eigenvalue weighted by atomic mass is 9.83. The van der Waals surface area contributed by atoms with Gasteiger partial charge in [-0.05, 0) is 31.0 Å². The van der Waals surface area contributed by atoms with Crippen LogP contribution >= 0.6 is 0 Å². The molecule has 4 rings (SSSR count). The number of carbonyl (C=O) groups excluding carboxylic acids is 2. The van der Waals surface area contributed by atoms with E-state index in [2.05, 4.69) is 6.92 Å². The number of piperidine rings is 1. The predicted octanol–water partition coefficient (Wildman–Crippen LogP) is 4.11. The zero-order valence-corrected chi connectivity index (χ0v) is 17.8. The average Bonchev–Trinajstić information content (AvgIpc) is 3.26. The SMILES string of the molecule is CCCCN1C(=O)CC[C@H](C(=O)Oc2ccc3c(c2)OCO3)[C@@H]1c1ccccc1OC. The number of fused-ring (bicyclic) bond motifs is 1. The molecule has 0 saturated carbocycles. The Labute approximate surface area is 181 Å². The number of carbonyl (C=O) groups is 2. The van der Waals surface area contributed by atoms with Crippen LogP contribution in [0.5, 0.6) is 23.0 Å². The van der Waals surface area contributed by atoms with Crippen molar-refractivity contribution in [2.45, 2.75) is 38.6 Å². The quantitative estimate of drug-likeness (QED) is 0.491. The van der Waals surface area contributed by atoms with Gasteiger partial charge in [0.05, 0.1) is 19.1 Å². The summed E-state index contributed by atoms with van der Waals surface area (Å²) in [6.45, 7) is 2.82. The van der Waals surface area contributed by atoms with Crippen LogP contribution in [0.15, 0.2) is 42.5 Å². The lowest BCUT2D eigenvalue weighted by Crippen LogP contribution is -2.46. The van der Waals surface area contributed by atoms with Crippen molar-refractivity contribution in [1.82, 2.24) is 4.90 Å². The molecule has 1 amide bonds. The van der Waals surface area contributed by atoms with E-state index in [1.165, 1.54) is 0 Å². The van der Waals surface area contributed by atoms with Crippen LogP contribution in [-0.4, -0.2) is 37.2 Å². The van der Waals surface area contributed by atoms with Crippen LogP contribution in [0.25, 0.3) is 0 Å². The minimum absolute atomic E-state index is 0.0523. The summed E-state index contributed by atoms with van der Waals surface area (Å²) in [5, 5.41) is 0. The summed E-state index contributed by atoms with van der Waals surface area (Å²) >= 11 is 0. The largest absolute Gasteiger partial charge is 0.496 e. The number of hydrogen-bond acceptors (Lipinski definition) is 6. The second-order valence-corrected chi connectivity index (χ2v) is 7.71. The molecule has 2 aromatic carbocycles. The number of nitrogens with zero attached hydrogens (tertiary/aromatic N) is 1. The van der Waals surface area contributed by atoms with Gasteiger partial charge < -0.3 is 23.8 Å². The number of rotatable bonds is 7. The summed E-state index contributed by atoms with van der Waals surface area (Å²) < 4.78 is 22.0. The molecule has 1 fully saturated rings. The fourth-order valence-electron chi connectivity index (χ4n) is 4.22. The van der Waals surface area contributed by atoms with Crippen molar-refractivity contribution < 1.29 is 28.5 Å². The van der Waals surface area contributed by atoms with Gasteiger partial charge in [-0.1, -0.05) is 31.5 Å². The monoisotopic (exact) mass is 425 g/mol. The maximum Gasteiger partial charge on any atom is 0.316 e. The van der Waals surface area contributed by atoms with Crippen molar-refractivity contribution in [2.75, 3.05) is 20.4 Å². The maximum atomic E-state index is 13.3. The predicted molar refractivity (Wildman–Crippen MR) is 113 cm³/mol. The van der Waals surface area contributed by atoms with Crippen LogP contribution in [0, 0.1) is 5.92 Å². The molecule has 0 unspecified atom stereocenters. The van der Waals surface area contributed by atoms with Crippen molar-refractivity contribution >= 4 is 11.9 Å². The number of esters is 1. The van der Waals surface area contributed by atoms with E-state index in [9.17, 15) is 9.59 Å². The second kappa shape index (κ2) is 9.29. The fraction of sp³-hybridized carbons (Fsp3) is 0.417. The van der Waals surface area contributed by atoms with Gasteiger partial charge in [-0.25, -0.2) is 0 Å². The van der Waals surface area contributed by atoms with E-state index < -0.39 is 12.0 Å². The molecule has 2 heterocycles. The molecular formula is C24H27NO6. The van der Waals surface area contributed by atoms with E-state index in [1.807, 2.05) is 29.2 Å². The first kappa shape index (κ1) is 21.0. The van der Waals surface area contributed by atoms with Crippen LogP contribution in [0.3, 0.4) is 0 Å². The summed E-state index contributed by atoms with van der Waals surface area (Å²) in [7, 11) is 1.60. The summed E-state index contributed by atoms with van der Waals surface area (Å²) in [6.07, 6.45) is 2.56. The fourth-order valence-corrected chi connectivity index (χ4v) is 4.22. The van der Waals surface area contributed by atoms with Crippen molar-refractivity contribution in [3.05, 3.63) is 48.0 Å². The third-order valence-electron chi connectivity index (χ3n) is 5.78. The van der Waals surface area contributed by atoms with Gasteiger partial charge in [0.15, 0.2) is 11.5 Å². The molecule has 0 aromatic heterocycles. The molecule has 0 bridgehead atoms. The summed E-state index contributed by atoms with van der Waals surface area (Å²) in [5.41, 5.74) is 0.821. The van der Waals surface area contributed by atoms with Crippen LogP contribution < -0.4 is 18.9 Å². The smallest absolute Gasteiger partial charge is 0.316 e. The number of para-hydroxylation sites is 1. The molecule has 0 radical (unpaired) electrons. The molecule has 0 spiro atoms. The highest BCUT2D eigenvalue weighted by atomic mass is 16.7. The van der Waals surface area contributed by atoms with Crippen LogP contribution in [0.2, 0.25) is 0 Å². The highest BCUT2D eigenvalue weighted by Crippen LogP contribution is 2.42. The molecule has 0 N–H and O–H groups in total. The number of benzene rings is 2. The minimum atomic E-state index is -0.503. The molecule has 2 aliphatic rings. The van der Waals surface area contributed by atoms with Crippen molar-refractivity contribution in [1.29, 1.82) is 0 Å². The molecule has 164 valence electrons. The number of hydrogen-bond donors (Lipinski definition) is 0. The number of methoxy groups -OCH3 is 1. The lowest BCUT2D eigenvalue weighted by molar-refractivity contribution is -0.150. The molecule has 0 aliphatic carbocycles. The summed E-state index contributed by atoms with van der Waals surface area (Å²) in [6, 6.07) is 12.2. The molecule has 1 saturated heterocycles. The summed E-state index contributed by atoms with van der Waals surface area (Å²) in [4.78, 5) is 28.0. The van der Waals surface area contributed by atoms with E-state index in [0.717, 1.165) is 18.4 Å². The highest BCUT2D eigenvalue weighted by molar-refractivity contribution is 5.83. The Morgan fingerprint density at radius 2 is 1.97 bits per heavy atom. The standard InChI is InChI=1S/C24H27NO6/c1-3-4-13-25-22(26)12-10-18(23(25)17-7-5-6-8-19(17)28-2)24(27)31-16-9-11-20-21(14-16)30-15-29-20/h5-9,11,14,18,23H,3-4,10,12-13,15H2,1-2H3/t18-,23-/m0/s1. The molecule has 2 aromatic rings. The van der Waals surface area contributed by atoms with E-state index >= 15 is 0 Å². The topological polar surface area (TPSA) is 74.3 Å². The maximum absolute atomic E-state index is 13.3. The van der Waals surface area contributed by atoms with Crippen LogP contribution in [0.4, 0.5) is 0 Å². The van der Waals surface area contributed by atoms with Crippen molar-refractivity contribution in [3.8, 4) is 23.0 Å². The number of amides is 1. The van der Waals surface area contributed by atoms with Crippen LogP contribution in [0.1, 0.15) is 44.2 Å². The Balaban J connectivity index is 1.64. The minimum Gasteiger partial charge on any atom is -0.496 e. The Bertz CT molecular complexity index is 959. The second-order valence-electron chi connectivity index (χ2n) is 7.71. The number of likely N-dealkylation sites (tertiary alicyclic amines) is 1. The lowest BCUT2D eigenvalue weighted by Gasteiger charge is -2.40. The first-order valence-corrected chi connectivity index (χ1v) is 10.7. The first-order chi connectivity index (χ1) is 15.1. The summed E-state index contributed by atoms with van der Waals surface area (Å²) in [5.74, 6) is 1.40. The molecule has 31 heavy (non-hydrogen) atoms. The van der Waals surface area contributed by atoms with E-state index in [1.54, 1.807) is 25.3 Å². The first-order valence-electron chi connectivity index (χ1n) is 10.7. The van der Waals surface area contributed by atoms with Gasteiger partial charge in [-0.15, -0.1) is 0 Å². The van der Waals surface area contributed by atoms with Gasteiger partial charge in [-0.2, -0.15) is 0 Å². The number of ether oxygens (including phenoxy) is 4. The van der Waals surface area contributed by atoms with E-state index in [-0.39, 0.29) is 18.7 Å². The van der Waals surface area contributed by atoms with Gasteiger partial charge in [0.25, 0.3) is 0 Å². The van der Waals surface area contributed by atoms with Gasteiger partial charge in [-0.3, -0.25) is 9.59 Å². The van der Waals surface area contributed by atoms with Gasteiger partial charge in [0.2, 0.25) is 12.7 Å². The zero-order chi connectivity index (χ0) is 21.8. The van der Waals surface area contributed by atoms with Crippen molar-refractivity contribution in [2.24, 2.45) is 5.92 Å². The molecule has 7 nitrogen and oxygen atoms in total. The average molecular weight is 425 g/mol. The van der Waals surface area contributed by atoms with E-state index in [4.69, 9.17) is 18.9 Å². The van der Waals surface area contributed by atoms with Crippen molar-refractivity contribution in [3.63, 3.8) is 0 Å². The Kier molecular flexibility index (Phi) is 6.30. The Hall–Kier alpha value is -3.22. The van der Waals surface area contributed by atoms with Gasteiger partial charge in [0, 0.05) is 24.6 Å². The van der Waals surface area contributed by atoms with Gasteiger partial charge >= 0.3 is 5.97 Å².